The van der Waals surface area contributed by atoms with Crippen molar-refractivity contribution in [3.63, 3.8) is 0 Å². The van der Waals surface area contributed by atoms with E-state index in [2.05, 4.69) is 4.90 Å². The van der Waals surface area contributed by atoms with E-state index >= 15 is 0 Å². The van der Waals surface area contributed by atoms with Crippen LogP contribution in [0.25, 0.3) is 0 Å². The number of benzene rings is 1. The summed E-state index contributed by atoms with van der Waals surface area (Å²) < 4.78 is 13.5. The number of halogens is 2. The van der Waals surface area contributed by atoms with Crippen LogP contribution in [0, 0.1) is 5.82 Å². The van der Waals surface area contributed by atoms with Crippen molar-refractivity contribution in [3.05, 3.63) is 34.1 Å². The molecule has 0 radical (unpaired) electrons. The van der Waals surface area contributed by atoms with E-state index in [-0.39, 0.29) is 10.8 Å². The van der Waals surface area contributed by atoms with E-state index < -0.39 is 0 Å². The molecule has 0 fully saturated rings. The lowest BCUT2D eigenvalue weighted by Crippen LogP contribution is -2.27. The van der Waals surface area contributed by atoms with E-state index in [0.717, 1.165) is 30.6 Å². The summed E-state index contributed by atoms with van der Waals surface area (Å²) in [7, 11) is 2.04. The first-order valence-corrected chi connectivity index (χ1v) is 4.70. The molecule has 0 unspecified atom stereocenters. The molecule has 0 bridgehead atoms. The van der Waals surface area contributed by atoms with Gasteiger partial charge in [0.2, 0.25) is 0 Å². The molecule has 1 aliphatic rings. The summed E-state index contributed by atoms with van der Waals surface area (Å²) in [6.45, 7) is 1.73. The van der Waals surface area contributed by atoms with Crippen LogP contribution in [0.1, 0.15) is 11.1 Å². The molecule has 1 nitrogen and oxygen atoms in total. The minimum atomic E-state index is -0.229. The highest BCUT2D eigenvalue weighted by Crippen LogP contribution is 2.25. The molecular weight excluding hydrogens is 189 g/mol. The molecule has 2 rings (SSSR count). The van der Waals surface area contributed by atoms with E-state index in [0.29, 0.717) is 0 Å². The maximum absolute atomic E-state index is 13.5. The zero-order chi connectivity index (χ0) is 9.42. The maximum Gasteiger partial charge on any atom is 0.145 e. The van der Waals surface area contributed by atoms with Gasteiger partial charge < -0.3 is 4.90 Å². The molecule has 3 heteroatoms. The highest BCUT2D eigenvalue weighted by Gasteiger charge is 2.17. The van der Waals surface area contributed by atoms with Gasteiger partial charge in [-0.3, -0.25) is 0 Å². The monoisotopic (exact) mass is 199 g/mol. The van der Waals surface area contributed by atoms with Gasteiger partial charge in [-0.2, -0.15) is 0 Å². The minimum absolute atomic E-state index is 0.229. The largest absolute Gasteiger partial charge is 0.302 e. The fraction of sp³-hybridized carbons (Fsp3) is 0.400. The van der Waals surface area contributed by atoms with Crippen LogP contribution in [-0.4, -0.2) is 18.5 Å². The second-order valence-electron chi connectivity index (χ2n) is 3.49. The van der Waals surface area contributed by atoms with Gasteiger partial charge in [-0.1, -0.05) is 17.7 Å². The minimum Gasteiger partial charge on any atom is -0.302 e. The zero-order valence-electron chi connectivity index (χ0n) is 7.48. The van der Waals surface area contributed by atoms with E-state index in [1.165, 1.54) is 0 Å². The zero-order valence-corrected chi connectivity index (χ0v) is 8.24. The summed E-state index contributed by atoms with van der Waals surface area (Å²) in [5.41, 5.74) is 1.86. The Kier molecular flexibility index (Phi) is 2.26. The molecule has 0 saturated heterocycles. The SMILES string of the molecule is CN1CCc2c(ccc(Cl)c2F)C1. The van der Waals surface area contributed by atoms with Gasteiger partial charge in [0.15, 0.2) is 0 Å². The molecule has 0 N–H and O–H groups in total. The molecule has 0 amide bonds. The summed E-state index contributed by atoms with van der Waals surface area (Å²) in [6.07, 6.45) is 0.762. The maximum atomic E-state index is 13.5. The molecule has 0 spiro atoms. The van der Waals surface area contributed by atoms with E-state index in [1.807, 2.05) is 13.1 Å². The van der Waals surface area contributed by atoms with Crippen LogP contribution < -0.4 is 0 Å². The van der Waals surface area contributed by atoms with Crippen LogP contribution in [0.15, 0.2) is 12.1 Å². The van der Waals surface area contributed by atoms with Crippen LogP contribution >= 0.6 is 11.6 Å². The van der Waals surface area contributed by atoms with Gasteiger partial charge in [0.05, 0.1) is 5.02 Å². The Balaban J connectivity index is 2.47. The number of rotatable bonds is 0. The first kappa shape index (κ1) is 8.97. The summed E-state index contributed by atoms with van der Waals surface area (Å²) in [5, 5.41) is 0.239. The quantitative estimate of drug-likeness (QED) is 0.621. The first-order valence-electron chi connectivity index (χ1n) is 4.33. The van der Waals surface area contributed by atoms with Crippen molar-refractivity contribution < 1.29 is 4.39 Å². The lowest BCUT2D eigenvalue weighted by molar-refractivity contribution is 0.309. The molecule has 1 aromatic rings. The fourth-order valence-corrected chi connectivity index (χ4v) is 1.90. The predicted octanol–water partition coefficient (Wildman–Crippen LogP) is 2.47. The highest BCUT2D eigenvalue weighted by atomic mass is 35.5. The summed E-state index contributed by atoms with van der Waals surface area (Å²) in [4.78, 5) is 2.18. The van der Waals surface area contributed by atoms with Crippen LogP contribution in [0.2, 0.25) is 5.02 Å². The van der Waals surface area contributed by atoms with Gasteiger partial charge in [0, 0.05) is 13.1 Å². The topological polar surface area (TPSA) is 3.24 Å². The second-order valence-corrected chi connectivity index (χ2v) is 3.89. The molecule has 70 valence electrons. The lowest BCUT2D eigenvalue weighted by Gasteiger charge is -2.25. The fourth-order valence-electron chi connectivity index (χ4n) is 1.72. The number of hydrogen-bond donors (Lipinski definition) is 0. The normalized spacial score (nSPS) is 17.2. The summed E-state index contributed by atoms with van der Waals surface area (Å²) >= 11 is 5.69. The van der Waals surface area contributed by atoms with E-state index in [4.69, 9.17) is 11.6 Å². The third-order valence-electron chi connectivity index (χ3n) is 2.48. The smallest absolute Gasteiger partial charge is 0.145 e. The average Bonchev–Trinajstić information content (AvgIpc) is 2.12. The Bertz CT molecular complexity index is 338. The molecule has 13 heavy (non-hydrogen) atoms. The van der Waals surface area contributed by atoms with Gasteiger partial charge in [0.1, 0.15) is 5.82 Å². The molecule has 1 aliphatic heterocycles. The second kappa shape index (κ2) is 3.28. The third-order valence-corrected chi connectivity index (χ3v) is 2.77. The van der Waals surface area contributed by atoms with Crippen LogP contribution in [0.5, 0.6) is 0 Å². The Labute approximate surface area is 82.1 Å². The summed E-state index contributed by atoms with van der Waals surface area (Å²) in [6, 6.07) is 3.55. The van der Waals surface area contributed by atoms with Gasteiger partial charge in [-0.15, -0.1) is 0 Å². The molecule has 1 aromatic carbocycles. The van der Waals surface area contributed by atoms with Crippen molar-refractivity contribution >= 4 is 11.6 Å². The molecule has 0 aromatic heterocycles. The van der Waals surface area contributed by atoms with Crippen LogP contribution in [0.4, 0.5) is 4.39 Å². The van der Waals surface area contributed by atoms with Crippen molar-refractivity contribution in [2.24, 2.45) is 0 Å². The first-order chi connectivity index (χ1) is 6.18. The van der Waals surface area contributed by atoms with Crippen LogP contribution in [0.3, 0.4) is 0 Å². The van der Waals surface area contributed by atoms with Crippen LogP contribution in [-0.2, 0) is 13.0 Å². The Hall–Kier alpha value is -0.600. The predicted molar refractivity (Wildman–Crippen MR) is 51.4 cm³/mol. The number of nitrogens with zero attached hydrogens (tertiary/aromatic N) is 1. The van der Waals surface area contributed by atoms with Gasteiger partial charge in [-0.25, -0.2) is 4.39 Å². The van der Waals surface area contributed by atoms with E-state index in [1.54, 1.807) is 6.07 Å². The van der Waals surface area contributed by atoms with Gasteiger partial charge >= 0.3 is 0 Å². The Morgan fingerprint density at radius 1 is 1.46 bits per heavy atom. The van der Waals surface area contributed by atoms with Crippen molar-refractivity contribution in [2.45, 2.75) is 13.0 Å². The highest BCUT2D eigenvalue weighted by molar-refractivity contribution is 6.30. The molecule has 0 saturated carbocycles. The number of likely N-dealkylation sites (N-methyl/N-ethyl adjacent to an activating group) is 1. The number of hydrogen-bond acceptors (Lipinski definition) is 1. The van der Waals surface area contributed by atoms with E-state index in [9.17, 15) is 4.39 Å². The Morgan fingerprint density at radius 3 is 3.00 bits per heavy atom. The van der Waals surface area contributed by atoms with Crippen molar-refractivity contribution in [2.75, 3.05) is 13.6 Å². The molecule has 0 atom stereocenters. The van der Waals surface area contributed by atoms with Crippen molar-refractivity contribution in [3.8, 4) is 0 Å². The average molecular weight is 200 g/mol. The Morgan fingerprint density at radius 2 is 2.23 bits per heavy atom. The van der Waals surface area contributed by atoms with Gasteiger partial charge in [-0.05, 0) is 30.7 Å². The van der Waals surface area contributed by atoms with Gasteiger partial charge in [0.25, 0.3) is 0 Å². The summed E-state index contributed by atoms with van der Waals surface area (Å²) in [5.74, 6) is -0.229. The molecular formula is C10H11ClFN. The molecule has 0 aliphatic carbocycles. The molecule has 1 heterocycles. The lowest BCUT2D eigenvalue weighted by atomic mass is 10.00. The standard InChI is InChI=1S/C10H11ClFN/c1-13-5-4-8-7(6-13)2-3-9(11)10(8)12/h2-3H,4-6H2,1H3. The third kappa shape index (κ3) is 1.56. The van der Waals surface area contributed by atoms with Crippen molar-refractivity contribution in [1.82, 2.24) is 4.90 Å². The van der Waals surface area contributed by atoms with Crippen molar-refractivity contribution in [1.29, 1.82) is 0 Å². The number of fused-ring (bicyclic) bond motifs is 1.